The largest absolute Gasteiger partial charge is 0.444 e. The molecule has 0 N–H and O–H groups in total. The Hall–Kier alpha value is -3.07. The molecular formula is C41H53ClF3N5O3S2Si. The summed E-state index contributed by atoms with van der Waals surface area (Å²) >= 11 is 9.91. The maximum atomic E-state index is 15.7. The molecule has 304 valence electrons. The molecule has 0 radical (unpaired) electrons. The molecule has 1 amide bonds. The molecule has 15 heteroatoms. The lowest BCUT2D eigenvalue weighted by atomic mass is 9.99. The average molecular weight is 849 g/mol. The number of thiophene rings is 1. The average Bonchev–Trinajstić information content (AvgIpc) is 3.33. The number of pyridine rings is 1. The summed E-state index contributed by atoms with van der Waals surface area (Å²) in [7, 11) is -2.36. The highest BCUT2D eigenvalue weighted by atomic mass is 35.5. The molecule has 8 nitrogen and oxygen atoms in total. The van der Waals surface area contributed by atoms with Gasteiger partial charge >= 0.3 is 18.0 Å². The topological polar surface area (TPSA) is 80.6 Å². The number of piperazine rings is 1. The summed E-state index contributed by atoms with van der Waals surface area (Å²) in [6.07, 6.45) is -1.83. The Morgan fingerprint density at radius 2 is 1.55 bits per heavy atom. The molecule has 3 aromatic heterocycles. The molecule has 1 fully saturated rings. The number of thioether (sulfide) groups is 1. The van der Waals surface area contributed by atoms with Crippen LogP contribution in [0.3, 0.4) is 0 Å². The maximum Gasteiger partial charge on any atom is 0.417 e. The normalized spacial score (nSPS) is 19.7. The number of nitrogens with zero attached hydrogens (tertiary/aromatic N) is 5. The van der Waals surface area contributed by atoms with Gasteiger partial charge in [-0.25, -0.2) is 9.59 Å². The van der Waals surface area contributed by atoms with Gasteiger partial charge in [0.05, 0.1) is 28.2 Å². The zero-order valence-electron chi connectivity index (χ0n) is 34.0. The van der Waals surface area contributed by atoms with E-state index in [0.717, 1.165) is 10.1 Å². The van der Waals surface area contributed by atoms with Crippen LogP contribution in [0.2, 0.25) is 21.6 Å². The van der Waals surface area contributed by atoms with Crippen LogP contribution in [0.1, 0.15) is 93.2 Å². The summed E-state index contributed by atoms with van der Waals surface area (Å²) < 4.78 is 55.5. The lowest BCUT2D eigenvalue weighted by Crippen LogP contribution is -2.59. The predicted molar refractivity (Wildman–Crippen MR) is 227 cm³/mol. The van der Waals surface area contributed by atoms with Gasteiger partial charge in [-0.2, -0.15) is 18.2 Å². The van der Waals surface area contributed by atoms with Crippen molar-refractivity contribution in [1.82, 2.24) is 19.4 Å². The van der Waals surface area contributed by atoms with Gasteiger partial charge in [0.25, 0.3) is 0 Å². The number of anilines is 1. The van der Waals surface area contributed by atoms with Gasteiger partial charge in [0.2, 0.25) is 0 Å². The number of ether oxygens (including phenoxy) is 1. The number of aromatic nitrogens is 3. The Morgan fingerprint density at radius 1 is 0.964 bits per heavy atom. The first kappa shape index (κ1) is 42.5. The van der Waals surface area contributed by atoms with Crippen molar-refractivity contribution in [3.8, 4) is 10.4 Å². The fourth-order valence-corrected chi connectivity index (χ4v) is 21.8. The third kappa shape index (κ3) is 7.64. The Balaban J connectivity index is 1.62. The number of rotatable bonds is 7. The van der Waals surface area contributed by atoms with Crippen LogP contribution in [0.15, 0.2) is 46.3 Å². The van der Waals surface area contributed by atoms with E-state index in [1.54, 1.807) is 48.7 Å². The van der Waals surface area contributed by atoms with Gasteiger partial charge < -0.3 is 9.64 Å². The summed E-state index contributed by atoms with van der Waals surface area (Å²) in [5, 5.41) is 0.766. The Labute approximate surface area is 342 Å². The second-order valence-electron chi connectivity index (χ2n) is 17.3. The Bertz CT molecular complexity index is 2140. The van der Waals surface area contributed by atoms with Crippen molar-refractivity contribution in [1.29, 1.82) is 0 Å². The van der Waals surface area contributed by atoms with E-state index in [9.17, 15) is 9.59 Å². The fraction of sp³-hybridized carbons (Fsp3) is 0.561. The third-order valence-corrected chi connectivity index (χ3v) is 22.5. The predicted octanol–water partition coefficient (Wildman–Crippen LogP) is 10.8. The number of hydrogen-bond acceptors (Lipinski definition) is 8. The SMILES string of the molecule is CC(C)[Si](c1sc(-c2c(C(F)(F)F)cc3c(N4C[C@@H](C)N(C(=O)OC(C)(C)C)[C@@H](C)C4)nc(=O)n4c3c2SC[C@@H](c2ccncc2)C4)cc1Cl)(C(C)C)C(C)C. The van der Waals surface area contributed by atoms with Crippen molar-refractivity contribution < 1.29 is 22.7 Å². The molecule has 0 saturated carbocycles. The van der Waals surface area contributed by atoms with Crippen molar-refractivity contribution >= 4 is 70.1 Å². The molecule has 1 saturated heterocycles. The van der Waals surface area contributed by atoms with Gasteiger partial charge in [-0.15, -0.1) is 23.1 Å². The fourth-order valence-electron chi connectivity index (χ4n) is 9.45. The molecule has 0 bridgehead atoms. The lowest BCUT2D eigenvalue weighted by Gasteiger charge is -2.45. The number of alkyl halides is 3. The summed E-state index contributed by atoms with van der Waals surface area (Å²) in [6, 6.07) is 5.95. The molecule has 4 aromatic rings. The van der Waals surface area contributed by atoms with E-state index in [1.165, 1.54) is 29.2 Å². The molecule has 3 atom stereocenters. The molecule has 2 aliphatic rings. The number of halogens is 4. The molecule has 0 unspecified atom stereocenters. The minimum atomic E-state index is -4.75. The van der Waals surface area contributed by atoms with Gasteiger partial charge in [-0.1, -0.05) is 53.1 Å². The summed E-state index contributed by atoms with van der Waals surface area (Å²) in [6.45, 7) is 23.2. The standard InChI is InChI=1S/C41H53ClF3N5O3S2Si/c1-22(2)56(23(3)4,24(5)6)37-31(42)17-32(55-37)33-30(41(43,44)45)16-29-34-35(33)54-21-28(27-12-14-46-15-13-27)20-49(34)38(51)47-36(29)48-18-25(7)50(26(8)19-48)39(52)53-40(9,10)11/h12-17,22-26,28H,18-21H2,1-11H3/t25-,26+,28-/m0/s1. The van der Waals surface area contributed by atoms with E-state index in [-0.39, 0.29) is 54.4 Å². The molecule has 1 aromatic carbocycles. The molecule has 56 heavy (non-hydrogen) atoms. The van der Waals surface area contributed by atoms with Gasteiger partial charge in [-0.3, -0.25) is 14.5 Å². The maximum absolute atomic E-state index is 15.7. The van der Waals surface area contributed by atoms with Crippen LogP contribution in [0.5, 0.6) is 0 Å². The summed E-state index contributed by atoms with van der Waals surface area (Å²) in [5.74, 6) is 0.413. The molecular weight excluding hydrogens is 795 g/mol. The van der Waals surface area contributed by atoms with E-state index in [4.69, 9.17) is 16.3 Å². The minimum absolute atomic E-state index is 0.0597. The number of carbonyl (C=O) groups is 1. The third-order valence-electron chi connectivity index (χ3n) is 11.5. The van der Waals surface area contributed by atoms with E-state index in [0.29, 0.717) is 42.7 Å². The minimum Gasteiger partial charge on any atom is -0.444 e. The van der Waals surface area contributed by atoms with Crippen LogP contribution in [0.25, 0.3) is 21.3 Å². The number of amides is 1. The van der Waals surface area contributed by atoms with Crippen molar-refractivity contribution in [3.63, 3.8) is 0 Å². The van der Waals surface area contributed by atoms with Crippen LogP contribution >= 0.6 is 34.7 Å². The van der Waals surface area contributed by atoms with Crippen molar-refractivity contribution in [2.75, 3.05) is 23.7 Å². The van der Waals surface area contributed by atoms with Crippen molar-refractivity contribution in [3.05, 3.63) is 63.3 Å². The highest BCUT2D eigenvalue weighted by molar-refractivity contribution is 7.99. The monoisotopic (exact) mass is 847 g/mol. The van der Waals surface area contributed by atoms with Gasteiger partial charge in [0.1, 0.15) is 19.5 Å². The summed E-state index contributed by atoms with van der Waals surface area (Å²) in [4.78, 5) is 40.7. The Kier molecular flexibility index (Phi) is 11.8. The molecule has 0 aliphatic carbocycles. The lowest BCUT2D eigenvalue weighted by molar-refractivity contribution is -0.137. The van der Waals surface area contributed by atoms with Crippen LogP contribution < -0.4 is 15.1 Å². The van der Waals surface area contributed by atoms with Crippen LogP contribution in [-0.2, 0) is 17.5 Å². The van der Waals surface area contributed by atoms with Gasteiger partial charge in [-0.05, 0) is 81.1 Å². The Morgan fingerprint density at radius 3 is 2.09 bits per heavy atom. The smallest absolute Gasteiger partial charge is 0.417 e. The zero-order valence-corrected chi connectivity index (χ0v) is 37.4. The van der Waals surface area contributed by atoms with Crippen LogP contribution in [0.4, 0.5) is 23.8 Å². The van der Waals surface area contributed by atoms with E-state index >= 15 is 13.2 Å². The summed E-state index contributed by atoms with van der Waals surface area (Å²) in [5.41, 5.74) is 0.288. The van der Waals surface area contributed by atoms with Crippen molar-refractivity contribution in [2.24, 2.45) is 0 Å². The van der Waals surface area contributed by atoms with Gasteiger partial charge in [0, 0.05) is 68.9 Å². The molecule has 6 rings (SSSR count). The second-order valence-corrected chi connectivity index (χ2v) is 26.0. The quantitative estimate of drug-likeness (QED) is 0.171. The van der Waals surface area contributed by atoms with E-state index < -0.39 is 37.2 Å². The molecule has 0 spiro atoms. The second kappa shape index (κ2) is 15.6. The highest BCUT2D eigenvalue weighted by Gasteiger charge is 2.48. The molecule has 5 heterocycles. The van der Waals surface area contributed by atoms with Gasteiger partial charge in [0.15, 0.2) is 0 Å². The first-order chi connectivity index (χ1) is 26.1. The van der Waals surface area contributed by atoms with E-state index in [1.807, 2.05) is 30.9 Å². The number of hydrogen-bond donors (Lipinski definition) is 0. The highest BCUT2D eigenvalue weighted by Crippen LogP contribution is 2.52. The first-order valence-electron chi connectivity index (χ1n) is 19.4. The first-order valence-corrected chi connectivity index (χ1v) is 23.8. The zero-order chi connectivity index (χ0) is 41.2. The molecule has 2 aliphatic heterocycles. The van der Waals surface area contributed by atoms with E-state index in [2.05, 4.69) is 51.5 Å². The van der Waals surface area contributed by atoms with Crippen LogP contribution in [0, 0.1) is 0 Å². The number of carbonyl (C=O) groups excluding carboxylic acids is 1. The van der Waals surface area contributed by atoms with Crippen molar-refractivity contribution in [2.45, 2.75) is 134 Å². The number of benzene rings is 1. The van der Waals surface area contributed by atoms with Crippen LogP contribution in [-0.4, -0.2) is 70.1 Å².